The molecule has 0 fully saturated rings. The molecule has 1 aromatic carbocycles. The van der Waals surface area contributed by atoms with Crippen molar-refractivity contribution < 1.29 is 10.2 Å². The second-order valence-corrected chi connectivity index (χ2v) is 6.72. The summed E-state index contributed by atoms with van der Waals surface area (Å²) in [6.07, 6.45) is 2.26. The molecule has 0 saturated carbocycles. The second kappa shape index (κ2) is 8.34. The second-order valence-electron chi connectivity index (χ2n) is 5.49. The van der Waals surface area contributed by atoms with Gasteiger partial charge in [-0.05, 0) is 42.6 Å². The zero-order chi connectivity index (χ0) is 21.1. The van der Waals surface area contributed by atoms with Gasteiger partial charge in [-0.1, -0.05) is 11.6 Å². The first kappa shape index (κ1) is 20.4. The number of nitrogens with zero attached hydrogens (tertiary/aromatic N) is 2. The minimum absolute atomic E-state index is 0.0210. The Hall–Kier alpha value is -3.35. The van der Waals surface area contributed by atoms with Crippen LogP contribution in [-0.4, -0.2) is 42.6 Å². The average molecular weight is 451 g/mol. The summed E-state index contributed by atoms with van der Waals surface area (Å²) in [6, 6.07) is 4.53. The van der Waals surface area contributed by atoms with Gasteiger partial charge in [0.1, 0.15) is 11.1 Å². The van der Waals surface area contributed by atoms with E-state index < -0.39 is 22.9 Å². The Bertz CT molecular complexity index is 1390. The molecular weight excluding hydrogens is 440 g/mol. The molecule has 148 valence electrons. The normalized spacial score (nSPS) is 11.5. The number of rotatable bonds is 4. The molecule has 3 aromatic rings. The first-order chi connectivity index (χ1) is 13.7. The van der Waals surface area contributed by atoms with E-state index in [2.05, 4.69) is 29.9 Å². The van der Waals surface area contributed by atoms with Gasteiger partial charge < -0.3 is 20.2 Å². The smallest absolute Gasteiger partial charge is 0.264 e. The van der Waals surface area contributed by atoms with Crippen molar-refractivity contribution in [2.24, 2.45) is 9.98 Å². The molecule has 10 nitrogen and oxygen atoms in total. The molecule has 0 aliphatic carbocycles. The molecule has 29 heavy (non-hydrogen) atoms. The monoisotopic (exact) mass is 450 g/mol. The van der Waals surface area contributed by atoms with Crippen molar-refractivity contribution >= 4 is 59.8 Å². The minimum Gasteiger partial charge on any atom is -0.494 e. The third-order valence-corrected chi connectivity index (χ3v) is 4.25. The molecule has 0 radical (unpaired) electrons. The van der Waals surface area contributed by atoms with Gasteiger partial charge in [0.2, 0.25) is 11.8 Å². The number of hydrogen-bond donors (Lipinski definition) is 6. The van der Waals surface area contributed by atoms with Crippen LogP contribution in [0.3, 0.4) is 0 Å². The molecule has 2 heterocycles. The lowest BCUT2D eigenvalue weighted by molar-refractivity contribution is 0.448. The van der Waals surface area contributed by atoms with Gasteiger partial charge in [0.05, 0.1) is 16.4 Å². The number of benzene rings is 1. The minimum atomic E-state index is -0.628. The summed E-state index contributed by atoms with van der Waals surface area (Å²) in [7, 11) is 0. The van der Waals surface area contributed by atoms with Gasteiger partial charge in [0.15, 0.2) is 9.54 Å². The third kappa shape index (κ3) is 4.74. The summed E-state index contributed by atoms with van der Waals surface area (Å²) >= 11 is 15.6. The standard InChI is InChI=1S/C16H11ClN6O4S2/c17-9-2-1-6(18-4-7-11(24)20-15(28)21-12(7)25)3-10(9)19-5-8-13(26)22-16(29)23-14(8)27/h1-5H,(H3,20,21,24,25,28)(H3,22,23,26,27,29). The molecule has 13 heteroatoms. The predicted octanol–water partition coefficient (Wildman–Crippen LogP) is 2.74. The van der Waals surface area contributed by atoms with E-state index in [-0.39, 0.29) is 31.4 Å². The molecule has 0 atom stereocenters. The topological polar surface area (TPSA) is 162 Å². The van der Waals surface area contributed by atoms with Gasteiger partial charge in [-0.2, -0.15) is 0 Å². The molecule has 0 unspecified atom stereocenters. The summed E-state index contributed by atoms with van der Waals surface area (Å²) < 4.78 is -0.0501. The van der Waals surface area contributed by atoms with E-state index in [9.17, 15) is 19.8 Å². The fourth-order valence-corrected chi connectivity index (χ4v) is 2.71. The number of aliphatic imine (C=N–C) groups is 2. The zero-order valence-corrected chi connectivity index (χ0v) is 16.6. The van der Waals surface area contributed by atoms with E-state index in [4.69, 9.17) is 36.0 Å². The van der Waals surface area contributed by atoms with E-state index in [1.54, 1.807) is 6.07 Å². The van der Waals surface area contributed by atoms with Crippen LogP contribution in [0.5, 0.6) is 11.8 Å². The van der Waals surface area contributed by atoms with Gasteiger partial charge in [0.25, 0.3) is 11.1 Å². The molecular formula is C16H11ClN6O4S2. The fraction of sp³-hybridized carbons (Fsp3) is 0. The van der Waals surface area contributed by atoms with Crippen molar-refractivity contribution in [3.05, 3.63) is 64.6 Å². The van der Waals surface area contributed by atoms with Crippen LogP contribution < -0.4 is 11.1 Å². The summed E-state index contributed by atoms with van der Waals surface area (Å²) in [5.74, 6) is -0.866. The lowest BCUT2D eigenvalue weighted by Gasteiger charge is -2.01. The Balaban J connectivity index is 1.96. The van der Waals surface area contributed by atoms with Crippen molar-refractivity contribution in [1.82, 2.24) is 19.9 Å². The maximum absolute atomic E-state index is 11.9. The van der Waals surface area contributed by atoms with Crippen LogP contribution in [0.4, 0.5) is 11.4 Å². The van der Waals surface area contributed by atoms with E-state index in [1.165, 1.54) is 12.1 Å². The molecule has 0 amide bonds. The molecule has 0 spiro atoms. The molecule has 6 N–H and O–H groups in total. The van der Waals surface area contributed by atoms with Crippen molar-refractivity contribution in [3.8, 4) is 11.8 Å². The van der Waals surface area contributed by atoms with Crippen LogP contribution in [0.2, 0.25) is 5.02 Å². The summed E-state index contributed by atoms with van der Waals surface area (Å²) in [5.41, 5.74) is -0.898. The Morgan fingerprint density at radius 1 is 0.862 bits per heavy atom. The quantitative estimate of drug-likeness (QED) is 0.264. The lowest BCUT2D eigenvalue weighted by Crippen LogP contribution is -2.13. The number of nitrogens with one attached hydrogen (secondary N) is 4. The predicted molar refractivity (Wildman–Crippen MR) is 114 cm³/mol. The van der Waals surface area contributed by atoms with Crippen LogP contribution in [0, 0.1) is 9.54 Å². The van der Waals surface area contributed by atoms with Gasteiger partial charge in [-0.25, -0.2) is 0 Å². The van der Waals surface area contributed by atoms with E-state index >= 15 is 0 Å². The highest BCUT2D eigenvalue weighted by Crippen LogP contribution is 2.29. The number of aromatic amines is 4. The molecule has 0 aliphatic rings. The van der Waals surface area contributed by atoms with Gasteiger partial charge in [-0.15, -0.1) is 0 Å². The van der Waals surface area contributed by atoms with Crippen LogP contribution >= 0.6 is 36.0 Å². The molecule has 2 aromatic heterocycles. The van der Waals surface area contributed by atoms with E-state index in [1.807, 2.05) is 0 Å². The summed E-state index contributed by atoms with van der Waals surface area (Å²) in [6.45, 7) is 0. The van der Waals surface area contributed by atoms with Crippen molar-refractivity contribution in [2.75, 3.05) is 0 Å². The number of H-pyrrole nitrogens is 4. The largest absolute Gasteiger partial charge is 0.494 e. The summed E-state index contributed by atoms with van der Waals surface area (Å²) in [4.78, 5) is 41.4. The van der Waals surface area contributed by atoms with Crippen molar-refractivity contribution in [3.63, 3.8) is 0 Å². The number of hydrogen-bond acceptors (Lipinski definition) is 8. The highest BCUT2D eigenvalue weighted by atomic mass is 35.5. The van der Waals surface area contributed by atoms with Crippen LogP contribution in [0.25, 0.3) is 0 Å². The lowest BCUT2D eigenvalue weighted by atomic mass is 10.2. The maximum atomic E-state index is 11.9. The molecule has 0 aliphatic heterocycles. The highest BCUT2D eigenvalue weighted by Gasteiger charge is 2.07. The number of aromatic nitrogens is 4. The van der Waals surface area contributed by atoms with Gasteiger partial charge in [0, 0.05) is 12.4 Å². The summed E-state index contributed by atoms with van der Waals surface area (Å²) in [5, 5.41) is 19.8. The van der Waals surface area contributed by atoms with Crippen LogP contribution in [0.1, 0.15) is 11.1 Å². The van der Waals surface area contributed by atoms with Crippen molar-refractivity contribution in [2.45, 2.75) is 0 Å². The first-order valence-corrected chi connectivity index (χ1v) is 8.93. The number of halogens is 1. The maximum Gasteiger partial charge on any atom is 0.264 e. The Labute approximate surface area is 176 Å². The Morgan fingerprint density at radius 2 is 1.38 bits per heavy atom. The van der Waals surface area contributed by atoms with Gasteiger partial charge >= 0.3 is 0 Å². The van der Waals surface area contributed by atoms with Crippen LogP contribution in [-0.2, 0) is 0 Å². The van der Waals surface area contributed by atoms with Crippen molar-refractivity contribution in [1.29, 1.82) is 0 Å². The fourth-order valence-electron chi connectivity index (χ4n) is 2.16. The molecule has 3 rings (SSSR count). The average Bonchev–Trinajstić information content (AvgIpc) is 2.62. The highest BCUT2D eigenvalue weighted by molar-refractivity contribution is 7.71. The van der Waals surface area contributed by atoms with Crippen LogP contribution in [0.15, 0.2) is 37.8 Å². The zero-order valence-electron chi connectivity index (χ0n) is 14.2. The molecule has 0 bridgehead atoms. The van der Waals surface area contributed by atoms with Gasteiger partial charge in [-0.3, -0.25) is 29.5 Å². The number of aromatic hydroxyl groups is 2. The van der Waals surface area contributed by atoms with E-state index in [0.717, 1.165) is 12.4 Å². The SMILES string of the molecule is O=c1[nH]c(=S)[nH]c(O)c1C=Nc1ccc(Cl)c(N=Cc2c(O)[nH]c(=S)[nH]c2=O)c1. The molecule has 0 saturated heterocycles. The first-order valence-electron chi connectivity index (χ1n) is 7.73. The Kier molecular flexibility index (Phi) is 5.87. The third-order valence-electron chi connectivity index (χ3n) is 3.52. The van der Waals surface area contributed by atoms with E-state index in [0.29, 0.717) is 5.69 Å². The Morgan fingerprint density at radius 3 is 1.90 bits per heavy atom.